The summed E-state index contributed by atoms with van der Waals surface area (Å²) in [5.74, 6) is -2.12. The van der Waals surface area contributed by atoms with Crippen molar-refractivity contribution in [2.45, 2.75) is 33.1 Å². The summed E-state index contributed by atoms with van der Waals surface area (Å²) in [4.78, 5) is 47.2. The molecule has 0 aliphatic heterocycles. The zero-order chi connectivity index (χ0) is 16.9. The summed E-state index contributed by atoms with van der Waals surface area (Å²) in [6.07, 6.45) is -0.224. The van der Waals surface area contributed by atoms with E-state index in [0.717, 1.165) is 0 Å². The van der Waals surface area contributed by atoms with Crippen LogP contribution < -0.4 is 16.6 Å². The SMILES string of the molecule is CC(C)(C)OC(=O)NCC(=O)OCn1c(=O)[nH]cc(F)c1=O. The molecule has 1 aromatic heterocycles. The summed E-state index contributed by atoms with van der Waals surface area (Å²) in [6.45, 7) is 3.63. The topological polar surface area (TPSA) is 119 Å². The molecule has 0 atom stereocenters. The molecule has 0 radical (unpaired) electrons. The number of rotatable bonds is 4. The fraction of sp³-hybridized carbons (Fsp3) is 0.500. The highest BCUT2D eigenvalue weighted by atomic mass is 19.1. The number of carbonyl (C=O) groups is 2. The van der Waals surface area contributed by atoms with Gasteiger partial charge in [-0.1, -0.05) is 0 Å². The zero-order valence-corrected chi connectivity index (χ0v) is 12.3. The summed E-state index contributed by atoms with van der Waals surface area (Å²) in [6, 6.07) is 0. The number of amides is 1. The Balaban J connectivity index is 2.51. The Morgan fingerprint density at radius 3 is 2.59 bits per heavy atom. The molecule has 0 aliphatic rings. The van der Waals surface area contributed by atoms with Gasteiger partial charge in [-0.2, -0.15) is 4.39 Å². The fourth-order valence-corrected chi connectivity index (χ4v) is 1.25. The molecule has 10 heteroatoms. The summed E-state index contributed by atoms with van der Waals surface area (Å²) < 4.78 is 22.8. The molecule has 122 valence electrons. The lowest BCUT2D eigenvalue weighted by Crippen LogP contribution is -2.39. The number of alkyl carbamates (subject to hydrolysis) is 1. The van der Waals surface area contributed by atoms with Crippen molar-refractivity contribution in [3.63, 3.8) is 0 Å². The lowest BCUT2D eigenvalue weighted by Gasteiger charge is -2.19. The number of esters is 1. The first-order valence-electron chi connectivity index (χ1n) is 6.20. The van der Waals surface area contributed by atoms with E-state index >= 15 is 0 Å². The van der Waals surface area contributed by atoms with Gasteiger partial charge in [-0.25, -0.2) is 14.2 Å². The van der Waals surface area contributed by atoms with E-state index in [1.165, 1.54) is 0 Å². The second kappa shape index (κ2) is 6.87. The third-order valence-corrected chi connectivity index (χ3v) is 2.15. The maximum atomic E-state index is 13.0. The van der Waals surface area contributed by atoms with E-state index in [-0.39, 0.29) is 0 Å². The minimum atomic E-state index is -1.23. The third kappa shape index (κ3) is 5.38. The normalized spacial score (nSPS) is 10.9. The van der Waals surface area contributed by atoms with Gasteiger partial charge >= 0.3 is 17.8 Å². The predicted octanol–water partition coefficient (Wildman–Crippen LogP) is -0.299. The quantitative estimate of drug-likeness (QED) is 0.736. The van der Waals surface area contributed by atoms with Gasteiger partial charge in [0, 0.05) is 6.20 Å². The molecular weight excluding hydrogens is 301 g/mol. The number of halogens is 1. The van der Waals surface area contributed by atoms with Crippen molar-refractivity contribution < 1.29 is 23.5 Å². The average molecular weight is 317 g/mol. The van der Waals surface area contributed by atoms with Gasteiger partial charge in [0.05, 0.1) is 0 Å². The highest BCUT2D eigenvalue weighted by Crippen LogP contribution is 2.06. The summed E-state index contributed by atoms with van der Waals surface area (Å²) >= 11 is 0. The predicted molar refractivity (Wildman–Crippen MR) is 71.6 cm³/mol. The summed E-state index contributed by atoms with van der Waals surface area (Å²) in [7, 11) is 0. The van der Waals surface area contributed by atoms with E-state index in [9.17, 15) is 23.6 Å². The standard InChI is InChI=1S/C12H16FN3O6/c1-12(2,3)22-11(20)15-5-8(17)21-6-16-9(18)7(13)4-14-10(16)19/h4H,5-6H2,1-3H3,(H,14,19)(H,15,20). The number of H-pyrrole nitrogens is 1. The lowest BCUT2D eigenvalue weighted by atomic mass is 10.2. The smallest absolute Gasteiger partial charge is 0.408 e. The van der Waals surface area contributed by atoms with Gasteiger partial charge in [-0.05, 0) is 20.8 Å². The summed E-state index contributed by atoms with van der Waals surface area (Å²) in [5.41, 5.74) is -2.88. The van der Waals surface area contributed by atoms with E-state index in [1.807, 2.05) is 4.98 Å². The maximum absolute atomic E-state index is 13.0. The molecule has 1 heterocycles. The van der Waals surface area contributed by atoms with Crippen molar-refractivity contribution in [1.82, 2.24) is 14.9 Å². The van der Waals surface area contributed by atoms with E-state index in [0.29, 0.717) is 10.8 Å². The molecule has 0 bridgehead atoms. The fourth-order valence-electron chi connectivity index (χ4n) is 1.25. The van der Waals surface area contributed by atoms with Crippen LogP contribution in [0.3, 0.4) is 0 Å². The number of carbonyl (C=O) groups excluding carboxylic acids is 2. The molecule has 0 unspecified atom stereocenters. The van der Waals surface area contributed by atoms with E-state index in [2.05, 4.69) is 10.1 Å². The van der Waals surface area contributed by atoms with Crippen molar-refractivity contribution in [2.75, 3.05) is 6.54 Å². The molecule has 0 saturated carbocycles. The Labute approximate surface area is 124 Å². The van der Waals surface area contributed by atoms with Gasteiger partial charge in [0.2, 0.25) is 5.82 Å². The highest BCUT2D eigenvalue weighted by Gasteiger charge is 2.17. The molecule has 0 fully saturated rings. The monoisotopic (exact) mass is 317 g/mol. The third-order valence-electron chi connectivity index (χ3n) is 2.15. The largest absolute Gasteiger partial charge is 0.444 e. The number of nitrogens with zero attached hydrogens (tertiary/aromatic N) is 1. The van der Waals surface area contributed by atoms with Crippen molar-refractivity contribution in [3.8, 4) is 0 Å². The van der Waals surface area contributed by atoms with Crippen molar-refractivity contribution >= 4 is 12.1 Å². The molecule has 0 aromatic carbocycles. The minimum Gasteiger partial charge on any atom is -0.444 e. The van der Waals surface area contributed by atoms with Gasteiger partial charge in [0.15, 0.2) is 6.73 Å². The number of hydrogen-bond acceptors (Lipinski definition) is 6. The number of nitrogens with one attached hydrogen (secondary N) is 2. The van der Waals surface area contributed by atoms with Crippen molar-refractivity contribution in [1.29, 1.82) is 0 Å². The van der Waals surface area contributed by atoms with Crippen LogP contribution in [0.25, 0.3) is 0 Å². The van der Waals surface area contributed by atoms with E-state index in [4.69, 9.17) is 4.74 Å². The van der Waals surface area contributed by atoms with Crippen LogP contribution >= 0.6 is 0 Å². The molecule has 1 aromatic rings. The Morgan fingerprint density at radius 1 is 1.36 bits per heavy atom. The van der Waals surface area contributed by atoms with E-state index < -0.39 is 48.0 Å². The van der Waals surface area contributed by atoms with Crippen LogP contribution in [0.4, 0.5) is 9.18 Å². The number of aromatic nitrogens is 2. The number of hydrogen-bond donors (Lipinski definition) is 2. The van der Waals surface area contributed by atoms with Crippen molar-refractivity contribution in [3.05, 3.63) is 32.9 Å². The number of ether oxygens (including phenoxy) is 2. The van der Waals surface area contributed by atoms with Crippen LogP contribution in [0, 0.1) is 5.82 Å². The van der Waals surface area contributed by atoms with Gasteiger partial charge in [0.1, 0.15) is 12.1 Å². The Hall–Kier alpha value is -2.65. The minimum absolute atomic E-state index is 0.362. The van der Waals surface area contributed by atoms with Crippen molar-refractivity contribution in [2.24, 2.45) is 0 Å². The van der Waals surface area contributed by atoms with Crippen LogP contribution in [0.15, 0.2) is 15.8 Å². The van der Waals surface area contributed by atoms with Crippen LogP contribution in [0.5, 0.6) is 0 Å². The van der Waals surface area contributed by atoms with Crippen LogP contribution in [-0.4, -0.2) is 33.8 Å². The first kappa shape index (κ1) is 17.4. The van der Waals surface area contributed by atoms with Gasteiger partial charge in [-0.3, -0.25) is 9.59 Å². The first-order valence-corrected chi connectivity index (χ1v) is 6.20. The highest BCUT2D eigenvalue weighted by molar-refractivity contribution is 5.77. The molecular formula is C12H16FN3O6. The Morgan fingerprint density at radius 2 is 2.00 bits per heavy atom. The van der Waals surface area contributed by atoms with Crippen LogP contribution in [-0.2, 0) is 21.0 Å². The first-order chi connectivity index (χ1) is 10.1. The van der Waals surface area contributed by atoms with Gasteiger partial charge in [-0.15, -0.1) is 0 Å². The molecule has 2 N–H and O–H groups in total. The van der Waals surface area contributed by atoms with Crippen LogP contribution in [0.1, 0.15) is 20.8 Å². The zero-order valence-electron chi connectivity index (χ0n) is 12.3. The second-order valence-corrected chi connectivity index (χ2v) is 5.18. The second-order valence-electron chi connectivity index (χ2n) is 5.18. The molecule has 9 nitrogen and oxygen atoms in total. The summed E-state index contributed by atoms with van der Waals surface area (Å²) in [5, 5.41) is 2.13. The maximum Gasteiger partial charge on any atom is 0.408 e. The Bertz CT molecular complexity index is 673. The van der Waals surface area contributed by atoms with E-state index in [1.54, 1.807) is 20.8 Å². The molecule has 0 saturated heterocycles. The van der Waals surface area contributed by atoms with Crippen LogP contribution in [0.2, 0.25) is 0 Å². The molecule has 1 amide bonds. The average Bonchev–Trinajstić information content (AvgIpc) is 2.39. The number of aromatic amines is 1. The molecule has 22 heavy (non-hydrogen) atoms. The lowest BCUT2D eigenvalue weighted by molar-refractivity contribution is -0.146. The molecule has 1 rings (SSSR count). The Kier molecular flexibility index (Phi) is 5.44. The molecule has 0 spiro atoms. The van der Waals surface area contributed by atoms with Gasteiger partial charge < -0.3 is 19.8 Å². The molecule has 0 aliphatic carbocycles. The van der Waals surface area contributed by atoms with Gasteiger partial charge in [0.25, 0.3) is 5.56 Å².